The van der Waals surface area contributed by atoms with E-state index in [0.29, 0.717) is 28.3 Å². The molecule has 0 unspecified atom stereocenters. The van der Waals surface area contributed by atoms with Gasteiger partial charge in [-0.25, -0.2) is 12.7 Å². The summed E-state index contributed by atoms with van der Waals surface area (Å²) in [5, 5.41) is 2.89. The van der Waals surface area contributed by atoms with E-state index in [9.17, 15) is 13.2 Å². The first-order chi connectivity index (χ1) is 18.5. The monoisotopic (exact) mass is 560 g/mol. The molecule has 216 valence electrons. The second kappa shape index (κ2) is 13.5. The number of anilines is 2. The van der Waals surface area contributed by atoms with Crippen molar-refractivity contribution in [3.05, 3.63) is 41.5 Å². The molecule has 1 saturated heterocycles. The number of carbonyl (C=O) groups excluding carboxylic acids is 1. The minimum Gasteiger partial charge on any atom is -0.497 e. The van der Waals surface area contributed by atoms with Crippen molar-refractivity contribution in [1.29, 1.82) is 0 Å². The van der Waals surface area contributed by atoms with Gasteiger partial charge in [-0.3, -0.25) is 4.79 Å². The van der Waals surface area contributed by atoms with Crippen molar-refractivity contribution < 1.29 is 22.7 Å². The molecule has 1 heterocycles. The van der Waals surface area contributed by atoms with E-state index in [-0.39, 0.29) is 23.8 Å². The van der Waals surface area contributed by atoms with Crippen LogP contribution in [0.4, 0.5) is 11.4 Å². The summed E-state index contributed by atoms with van der Waals surface area (Å²) in [5.74, 6) is 1.80. The number of methoxy groups -OCH3 is 2. The third kappa shape index (κ3) is 7.86. The second-order valence-electron chi connectivity index (χ2n) is 10.6. The van der Waals surface area contributed by atoms with Gasteiger partial charge in [-0.05, 0) is 95.1 Å². The van der Waals surface area contributed by atoms with Crippen LogP contribution in [0, 0.1) is 19.8 Å². The minimum absolute atomic E-state index is 0.0223. The molecule has 2 aromatic rings. The zero-order valence-corrected chi connectivity index (χ0v) is 25.2. The number of benzene rings is 2. The summed E-state index contributed by atoms with van der Waals surface area (Å²) in [6.45, 7) is 6.62. The molecule has 10 heteroatoms. The molecular formula is C29H44N4O5S. The van der Waals surface area contributed by atoms with Crippen LogP contribution in [0.2, 0.25) is 0 Å². The van der Waals surface area contributed by atoms with Gasteiger partial charge in [0, 0.05) is 44.9 Å². The third-order valence-electron chi connectivity index (χ3n) is 7.39. The highest BCUT2D eigenvalue weighted by Gasteiger charge is 2.26. The third-order valence-corrected chi connectivity index (χ3v) is 9.56. The van der Waals surface area contributed by atoms with Gasteiger partial charge in [-0.15, -0.1) is 0 Å². The van der Waals surface area contributed by atoms with Crippen molar-refractivity contribution in [1.82, 2.24) is 9.21 Å². The van der Waals surface area contributed by atoms with Gasteiger partial charge in [-0.2, -0.15) is 0 Å². The Morgan fingerprint density at radius 2 is 1.64 bits per heavy atom. The molecule has 3 rings (SSSR count). The molecule has 1 amide bonds. The Bertz CT molecular complexity index is 1220. The van der Waals surface area contributed by atoms with E-state index in [4.69, 9.17) is 9.47 Å². The van der Waals surface area contributed by atoms with Gasteiger partial charge in [0.2, 0.25) is 15.9 Å². The van der Waals surface area contributed by atoms with Crippen LogP contribution in [0.25, 0.3) is 0 Å². The molecule has 0 aliphatic carbocycles. The summed E-state index contributed by atoms with van der Waals surface area (Å²) in [5.41, 5.74) is 2.85. The molecule has 39 heavy (non-hydrogen) atoms. The largest absolute Gasteiger partial charge is 0.497 e. The second-order valence-corrected chi connectivity index (χ2v) is 12.6. The molecule has 0 atom stereocenters. The van der Waals surface area contributed by atoms with Crippen LogP contribution >= 0.6 is 0 Å². The van der Waals surface area contributed by atoms with Gasteiger partial charge in [0.05, 0.1) is 24.8 Å². The molecule has 1 fully saturated rings. The Morgan fingerprint density at radius 1 is 1.00 bits per heavy atom. The number of sulfonamides is 1. The minimum atomic E-state index is -3.76. The Hall–Kier alpha value is -2.82. The number of ether oxygens (including phenoxy) is 2. The van der Waals surface area contributed by atoms with Crippen molar-refractivity contribution in [2.24, 2.45) is 5.92 Å². The van der Waals surface area contributed by atoms with E-state index in [1.165, 1.54) is 17.8 Å². The number of carbonyl (C=O) groups is 1. The van der Waals surface area contributed by atoms with Gasteiger partial charge >= 0.3 is 0 Å². The van der Waals surface area contributed by atoms with E-state index < -0.39 is 10.0 Å². The van der Waals surface area contributed by atoms with Gasteiger partial charge in [0.1, 0.15) is 11.5 Å². The Kier molecular flexibility index (Phi) is 10.6. The number of nitrogens with zero attached hydrogens (tertiary/aromatic N) is 3. The molecule has 0 bridgehead atoms. The fourth-order valence-electron chi connectivity index (χ4n) is 5.11. The normalized spacial score (nSPS) is 14.6. The van der Waals surface area contributed by atoms with Crippen LogP contribution in [-0.4, -0.2) is 85.1 Å². The summed E-state index contributed by atoms with van der Waals surface area (Å²) in [6.07, 6.45) is 3.55. The number of amides is 1. The molecule has 1 aliphatic heterocycles. The van der Waals surface area contributed by atoms with Crippen molar-refractivity contribution >= 4 is 27.3 Å². The van der Waals surface area contributed by atoms with Crippen LogP contribution in [0.3, 0.4) is 0 Å². The molecule has 2 aromatic carbocycles. The fourth-order valence-corrected chi connectivity index (χ4v) is 6.69. The van der Waals surface area contributed by atoms with Crippen LogP contribution in [0.5, 0.6) is 11.5 Å². The fraction of sp³-hybridized carbons (Fsp3) is 0.552. The number of piperidine rings is 1. The maximum Gasteiger partial charge on any atom is 0.243 e. The van der Waals surface area contributed by atoms with Crippen molar-refractivity contribution in [3.8, 4) is 11.5 Å². The molecule has 1 N–H and O–H groups in total. The summed E-state index contributed by atoms with van der Waals surface area (Å²) >= 11 is 0. The molecule has 0 radical (unpaired) electrons. The Labute approximate surface area is 234 Å². The zero-order chi connectivity index (χ0) is 28.7. The predicted octanol–water partition coefficient (Wildman–Crippen LogP) is 4.14. The van der Waals surface area contributed by atoms with Crippen molar-refractivity contribution in [2.75, 3.05) is 71.8 Å². The highest BCUT2D eigenvalue weighted by Crippen LogP contribution is 2.34. The number of hydrogen-bond acceptors (Lipinski definition) is 7. The Morgan fingerprint density at radius 3 is 2.21 bits per heavy atom. The smallest absolute Gasteiger partial charge is 0.243 e. The quantitative estimate of drug-likeness (QED) is 0.417. The summed E-state index contributed by atoms with van der Waals surface area (Å²) in [6, 6.07) is 9.09. The summed E-state index contributed by atoms with van der Waals surface area (Å²) in [4.78, 5) is 17.6. The topological polar surface area (TPSA) is 91.4 Å². The zero-order valence-electron chi connectivity index (χ0n) is 24.4. The van der Waals surface area contributed by atoms with E-state index >= 15 is 0 Å². The average molecular weight is 561 g/mol. The number of nitrogens with one attached hydrogen (secondary N) is 1. The maximum atomic E-state index is 13.2. The SMILES string of the molecule is COc1cc(C)c(S(=O)(=O)N(C)CCC(=O)Nc2ccc(N3CCC(CCN(C)C)CC3)c(OC)c2)c(C)c1. The summed E-state index contributed by atoms with van der Waals surface area (Å²) < 4.78 is 38.6. The van der Waals surface area contributed by atoms with E-state index in [0.717, 1.165) is 44.1 Å². The highest BCUT2D eigenvalue weighted by atomic mass is 32.2. The van der Waals surface area contributed by atoms with Crippen LogP contribution < -0.4 is 19.7 Å². The van der Waals surface area contributed by atoms with E-state index in [1.54, 1.807) is 40.2 Å². The van der Waals surface area contributed by atoms with Gasteiger partial charge in [-0.1, -0.05) is 0 Å². The van der Waals surface area contributed by atoms with Gasteiger partial charge in [0.25, 0.3) is 0 Å². The van der Waals surface area contributed by atoms with Crippen LogP contribution in [0.15, 0.2) is 35.2 Å². The highest BCUT2D eigenvalue weighted by molar-refractivity contribution is 7.89. The number of rotatable bonds is 12. The predicted molar refractivity (Wildman–Crippen MR) is 157 cm³/mol. The lowest BCUT2D eigenvalue weighted by molar-refractivity contribution is -0.116. The van der Waals surface area contributed by atoms with Gasteiger partial charge in [0.15, 0.2) is 0 Å². The van der Waals surface area contributed by atoms with Crippen LogP contribution in [-0.2, 0) is 14.8 Å². The maximum absolute atomic E-state index is 13.2. The van der Waals surface area contributed by atoms with E-state index in [1.807, 2.05) is 18.2 Å². The lowest BCUT2D eigenvalue weighted by Crippen LogP contribution is -2.34. The first-order valence-electron chi connectivity index (χ1n) is 13.5. The molecule has 0 saturated carbocycles. The van der Waals surface area contributed by atoms with Crippen molar-refractivity contribution in [3.63, 3.8) is 0 Å². The lowest BCUT2D eigenvalue weighted by atomic mass is 9.93. The molecular weight excluding hydrogens is 516 g/mol. The number of aryl methyl sites for hydroxylation is 2. The van der Waals surface area contributed by atoms with Crippen molar-refractivity contribution in [2.45, 2.75) is 44.4 Å². The van der Waals surface area contributed by atoms with Crippen LogP contribution in [0.1, 0.15) is 36.8 Å². The van der Waals surface area contributed by atoms with E-state index in [2.05, 4.69) is 29.2 Å². The molecule has 1 aliphatic rings. The average Bonchev–Trinajstić information content (AvgIpc) is 2.90. The summed E-state index contributed by atoms with van der Waals surface area (Å²) in [7, 11) is 5.14. The molecule has 0 aromatic heterocycles. The standard InChI is InChI=1S/C29H44N4O5S/c1-21-18-25(37-6)19-22(2)29(21)39(35,36)32(5)15-13-28(34)30-24-8-9-26(27(20-24)38-7)33-16-11-23(12-17-33)10-14-31(3)4/h8-9,18-20,23H,10-17H2,1-7H3,(H,30,34). The van der Waals surface area contributed by atoms with Gasteiger partial charge < -0.3 is 24.6 Å². The Balaban J connectivity index is 1.58. The molecule has 0 spiro atoms. The first kappa shape index (κ1) is 30.7. The first-order valence-corrected chi connectivity index (χ1v) is 14.9. The lowest BCUT2D eigenvalue weighted by Gasteiger charge is -2.34. The molecule has 9 nitrogen and oxygen atoms in total. The number of hydrogen-bond donors (Lipinski definition) is 1.